The number of hydrogen-bond donors (Lipinski definition) is 1. The minimum Gasteiger partial charge on any atom is -0.395 e. The fraction of sp³-hybridized carbons (Fsp3) is 0.450. The predicted octanol–water partition coefficient (Wildman–Crippen LogP) is 3.96. The van der Waals surface area contributed by atoms with Gasteiger partial charge in [0, 0.05) is 17.6 Å². The molecule has 142 valence electrons. The summed E-state index contributed by atoms with van der Waals surface area (Å²) >= 11 is 0. The number of benzene rings is 1. The van der Waals surface area contributed by atoms with E-state index in [9.17, 15) is 8.78 Å². The quantitative estimate of drug-likeness (QED) is 0.882. The first-order valence-corrected chi connectivity index (χ1v) is 9.35. The second-order valence-corrected chi connectivity index (χ2v) is 7.55. The van der Waals surface area contributed by atoms with Crippen LogP contribution in [-0.4, -0.2) is 41.4 Å². The van der Waals surface area contributed by atoms with Gasteiger partial charge in [-0.25, -0.2) is 0 Å². The van der Waals surface area contributed by atoms with Crippen LogP contribution in [0.5, 0.6) is 11.5 Å². The van der Waals surface area contributed by atoms with Crippen molar-refractivity contribution in [3.05, 3.63) is 36.5 Å². The van der Waals surface area contributed by atoms with Crippen LogP contribution >= 0.6 is 0 Å². The molecular formula is C20H21F2N3O2. The maximum Gasteiger partial charge on any atom is 0.586 e. The number of nitrogens with one attached hydrogen (secondary N) is 1. The van der Waals surface area contributed by atoms with E-state index in [4.69, 9.17) is 0 Å². The van der Waals surface area contributed by atoms with Crippen LogP contribution in [0.4, 0.5) is 14.5 Å². The Morgan fingerprint density at radius 2 is 1.89 bits per heavy atom. The van der Waals surface area contributed by atoms with Crippen LogP contribution in [0.2, 0.25) is 0 Å². The van der Waals surface area contributed by atoms with Crippen LogP contribution in [0.1, 0.15) is 19.8 Å². The molecule has 5 nitrogen and oxygen atoms in total. The average molecular weight is 373 g/mol. The van der Waals surface area contributed by atoms with Gasteiger partial charge >= 0.3 is 6.29 Å². The third-order valence-corrected chi connectivity index (χ3v) is 5.97. The largest absolute Gasteiger partial charge is 0.586 e. The molecule has 2 aromatic rings. The summed E-state index contributed by atoms with van der Waals surface area (Å²) in [6.07, 6.45) is 0.692. The molecule has 0 radical (unpaired) electrons. The van der Waals surface area contributed by atoms with Crippen molar-refractivity contribution in [2.45, 2.75) is 38.1 Å². The summed E-state index contributed by atoms with van der Waals surface area (Å²) in [6.45, 7) is 4.68. The van der Waals surface area contributed by atoms with Gasteiger partial charge in [-0.05, 0) is 69.1 Å². The van der Waals surface area contributed by atoms with Crippen molar-refractivity contribution >= 4 is 5.69 Å². The van der Waals surface area contributed by atoms with E-state index in [-0.39, 0.29) is 11.5 Å². The molecule has 2 atom stereocenters. The van der Waals surface area contributed by atoms with Gasteiger partial charge in [0.25, 0.3) is 0 Å². The molecule has 5 heterocycles. The Labute approximate surface area is 156 Å². The molecule has 4 aliphatic rings. The lowest BCUT2D eigenvalue weighted by molar-refractivity contribution is -0.286. The van der Waals surface area contributed by atoms with Gasteiger partial charge in [0.1, 0.15) is 0 Å². The maximum absolute atomic E-state index is 13.2. The standard InChI is InChI=1S/C20H21F2N3O2/c1-12-19(13-6-8-25(12)9-7-13)24-15-3-4-16(23-11-15)14-2-5-17-18(10-14)27-20(21,22)26-17/h2-5,10-13,19,24H,6-9H2,1H3. The molecule has 0 saturated carbocycles. The number of rotatable bonds is 3. The molecule has 3 fully saturated rings. The van der Waals surface area contributed by atoms with Crippen molar-refractivity contribution < 1.29 is 18.3 Å². The highest BCUT2D eigenvalue weighted by Crippen LogP contribution is 2.42. The second-order valence-electron chi connectivity index (χ2n) is 7.55. The number of nitrogens with zero attached hydrogens (tertiary/aromatic N) is 2. The minimum absolute atomic E-state index is 0.0302. The van der Waals surface area contributed by atoms with Gasteiger partial charge < -0.3 is 14.8 Å². The Kier molecular flexibility index (Phi) is 3.75. The number of piperidine rings is 3. The number of ether oxygens (including phenoxy) is 2. The van der Waals surface area contributed by atoms with Gasteiger partial charge in [0.15, 0.2) is 11.5 Å². The first-order valence-electron chi connectivity index (χ1n) is 9.35. The molecule has 1 N–H and O–H groups in total. The molecule has 1 aromatic heterocycles. The maximum atomic E-state index is 13.2. The Morgan fingerprint density at radius 3 is 2.59 bits per heavy atom. The molecule has 2 bridgehead atoms. The van der Waals surface area contributed by atoms with Crippen molar-refractivity contribution in [1.29, 1.82) is 0 Å². The highest BCUT2D eigenvalue weighted by molar-refractivity contribution is 5.65. The van der Waals surface area contributed by atoms with Gasteiger partial charge in [0.05, 0.1) is 17.6 Å². The van der Waals surface area contributed by atoms with Crippen molar-refractivity contribution in [2.24, 2.45) is 5.92 Å². The van der Waals surface area contributed by atoms with E-state index >= 15 is 0 Å². The zero-order chi connectivity index (χ0) is 18.6. The van der Waals surface area contributed by atoms with Crippen molar-refractivity contribution in [3.63, 3.8) is 0 Å². The van der Waals surface area contributed by atoms with E-state index in [0.717, 1.165) is 5.69 Å². The summed E-state index contributed by atoms with van der Waals surface area (Å²) in [5, 5.41) is 3.65. The SMILES string of the molecule is CC1C(Nc2ccc(-c3ccc4c(c3)OC(F)(F)O4)nc2)C2CCN1CC2. The van der Waals surface area contributed by atoms with Crippen molar-refractivity contribution in [3.8, 4) is 22.8 Å². The molecule has 27 heavy (non-hydrogen) atoms. The normalized spacial score (nSPS) is 30.3. The molecule has 0 spiro atoms. The first-order chi connectivity index (χ1) is 13.0. The van der Waals surface area contributed by atoms with Gasteiger partial charge in [-0.1, -0.05) is 0 Å². The highest BCUT2D eigenvalue weighted by Gasteiger charge is 2.43. The Morgan fingerprint density at radius 1 is 1.11 bits per heavy atom. The summed E-state index contributed by atoms with van der Waals surface area (Å²) < 4.78 is 35.3. The van der Waals surface area contributed by atoms with Crippen LogP contribution in [0, 0.1) is 5.92 Å². The van der Waals surface area contributed by atoms with E-state index < -0.39 is 6.29 Å². The number of halogens is 2. The Balaban J connectivity index is 1.33. The fourth-order valence-corrected chi connectivity index (χ4v) is 4.50. The zero-order valence-corrected chi connectivity index (χ0v) is 15.0. The molecule has 2 unspecified atom stereocenters. The molecule has 6 rings (SSSR count). The second kappa shape index (κ2) is 6.05. The molecule has 1 aromatic carbocycles. The number of anilines is 1. The Bertz CT molecular complexity index is 849. The van der Waals surface area contributed by atoms with Crippen LogP contribution in [0.3, 0.4) is 0 Å². The summed E-state index contributed by atoms with van der Waals surface area (Å²) in [5.41, 5.74) is 2.39. The minimum atomic E-state index is -3.60. The predicted molar refractivity (Wildman–Crippen MR) is 97.0 cm³/mol. The van der Waals surface area contributed by atoms with E-state index in [2.05, 4.69) is 31.6 Å². The van der Waals surface area contributed by atoms with Gasteiger partial charge in [-0.2, -0.15) is 0 Å². The molecule has 7 heteroatoms. The number of aromatic nitrogens is 1. The lowest BCUT2D eigenvalue weighted by Gasteiger charge is -2.50. The van der Waals surface area contributed by atoms with Gasteiger partial charge in [0.2, 0.25) is 0 Å². The third-order valence-electron chi connectivity index (χ3n) is 5.97. The summed E-state index contributed by atoms with van der Waals surface area (Å²) in [6, 6.07) is 9.56. The van der Waals surface area contributed by atoms with E-state index in [0.29, 0.717) is 29.3 Å². The monoisotopic (exact) mass is 373 g/mol. The van der Waals surface area contributed by atoms with Crippen molar-refractivity contribution in [1.82, 2.24) is 9.88 Å². The van der Waals surface area contributed by atoms with Crippen molar-refractivity contribution in [2.75, 3.05) is 18.4 Å². The highest BCUT2D eigenvalue weighted by atomic mass is 19.3. The van der Waals surface area contributed by atoms with Gasteiger partial charge in [-0.15, -0.1) is 8.78 Å². The zero-order valence-electron chi connectivity index (χ0n) is 15.0. The lowest BCUT2D eigenvalue weighted by atomic mass is 9.79. The van der Waals surface area contributed by atoms with E-state index in [1.165, 1.54) is 38.1 Å². The van der Waals surface area contributed by atoms with Gasteiger partial charge in [-0.3, -0.25) is 9.88 Å². The molecule has 4 aliphatic heterocycles. The molecular weight excluding hydrogens is 352 g/mol. The Hall–Kier alpha value is -2.41. The first kappa shape index (κ1) is 16.7. The average Bonchev–Trinajstić information content (AvgIpc) is 2.98. The smallest absolute Gasteiger partial charge is 0.395 e. The van der Waals surface area contributed by atoms with E-state index in [1.54, 1.807) is 12.3 Å². The number of pyridine rings is 1. The lowest BCUT2D eigenvalue weighted by Crippen LogP contribution is -2.59. The summed E-state index contributed by atoms with van der Waals surface area (Å²) in [5.74, 6) is 0.779. The van der Waals surface area contributed by atoms with Crippen LogP contribution in [0.25, 0.3) is 11.3 Å². The van der Waals surface area contributed by atoms with Crippen LogP contribution in [-0.2, 0) is 0 Å². The van der Waals surface area contributed by atoms with Crippen LogP contribution in [0.15, 0.2) is 36.5 Å². The molecule has 0 amide bonds. The topological polar surface area (TPSA) is 46.6 Å². The van der Waals surface area contributed by atoms with E-state index in [1.807, 2.05) is 12.1 Å². The van der Waals surface area contributed by atoms with Crippen LogP contribution < -0.4 is 14.8 Å². The third kappa shape index (κ3) is 3.00. The molecule has 0 aliphatic carbocycles. The number of alkyl halides is 2. The summed E-state index contributed by atoms with van der Waals surface area (Å²) in [4.78, 5) is 7.05. The fourth-order valence-electron chi connectivity index (χ4n) is 4.50. The number of fused-ring (bicyclic) bond motifs is 4. The number of hydrogen-bond acceptors (Lipinski definition) is 5. The summed E-state index contributed by atoms with van der Waals surface area (Å²) in [7, 11) is 0. The molecule has 3 saturated heterocycles.